The van der Waals surface area contributed by atoms with Crippen molar-refractivity contribution >= 4 is 40.4 Å². The van der Waals surface area contributed by atoms with Gasteiger partial charge in [-0.05, 0) is 37.1 Å². The largest absolute Gasteiger partial charge is 0.435 e. The number of anilines is 1. The molecule has 28 heavy (non-hydrogen) atoms. The number of fused-ring (bicyclic) bond motifs is 2. The van der Waals surface area contributed by atoms with E-state index < -0.39 is 30.0 Å². The summed E-state index contributed by atoms with van der Waals surface area (Å²) >= 11 is 11.9. The van der Waals surface area contributed by atoms with Crippen molar-refractivity contribution in [2.45, 2.75) is 31.2 Å². The topological polar surface area (TPSA) is 56.2 Å². The van der Waals surface area contributed by atoms with Crippen LogP contribution in [0.25, 0.3) is 5.57 Å². The Labute approximate surface area is 168 Å². The third-order valence-corrected chi connectivity index (χ3v) is 5.56. The number of alkyl halides is 3. The molecule has 2 unspecified atom stereocenters. The first-order valence-electron chi connectivity index (χ1n) is 8.42. The van der Waals surface area contributed by atoms with Crippen molar-refractivity contribution in [1.29, 1.82) is 0 Å². The highest BCUT2D eigenvalue weighted by Crippen LogP contribution is 2.45. The third-order valence-electron chi connectivity index (χ3n) is 4.82. The molecule has 0 aliphatic carbocycles. The van der Waals surface area contributed by atoms with Gasteiger partial charge in [-0.15, -0.1) is 0 Å². The van der Waals surface area contributed by atoms with Crippen LogP contribution < -0.4 is 5.32 Å². The smallest absolute Gasteiger partial charge is 0.365 e. The number of aryl methyl sites for hydroxylation is 1. The van der Waals surface area contributed by atoms with Crippen molar-refractivity contribution in [1.82, 2.24) is 9.78 Å². The monoisotopic (exact) mass is 431 g/mol. The highest BCUT2D eigenvalue weighted by Gasteiger charge is 2.45. The van der Waals surface area contributed by atoms with Crippen molar-refractivity contribution in [3.63, 3.8) is 0 Å². The molecule has 5 nitrogen and oxygen atoms in total. The Hall–Kier alpha value is -2.03. The fourth-order valence-electron chi connectivity index (χ4n) is 3.61. The molecule has 2 bridgehead atoms. The van der Waals surface area contributed by atoms with E-state index in [1.165, 1.54) is 13.1 Å². The molecule has 1 fully saturated rings. The van der Waals surface area contributed by atoms with Crippen molar-refractivity contribution in [2.24, 2.45) is 7.05 Å². The molecule has 2 aliphatic rings. The van der Waals surface area contributed by atoms with Gasteiger partial charge in [0.1, 0.15) is 0 Å². The number of aromatic nitrogens is 2. The highest BCUT2D eigenvalue weighted by molar-refractivity contribution is 6.42. The maximum absolute atomic E-state index is 13.0. The molecule has 1 saturated heterocycles. The van der Waals surface area contributed by atoms with Crippen LogP contribution in [0.15, 0.2) is 29.8 Å². The van der Waals surface area contributed by atoms with E-state index in [4.69, 9.17) is 27.9 Å². The average Bonchev–Trinajstić information content (AvgIpc) is 3.31. The summed E-state index contributed by atoms with van der Waals surface area (Å²) < 4.78 is 46.1. The molecule has 0 radical (unpaired) electrons. The van der Waals surface area contributed by atoms with Crippen LogP contribution in [-0.2, 0) is 22.8 Å². The van der Waals surface area contributed by atoms with Gasteiger partial charge in [0.2, 0.25) is 0 Å². The number of rotatable bonds is 3. The molecule has 1 aromatic carbocycles. The van der Waals surface area contributed by atoms with Gasteiger partial charge in [0.05, 0.1) is 33.5 Å². The van der Waals surface area contributed by atoms with Crippen LogP contribution in [0, 0.1) is 0 Å². The minimum absolute atomic E-state index is 0.221. The van der Waals surface area contributed by atoms with E-state index in [9.17, 15) is 18.0 Å². The van der Waals surface area contributed by atoms with E-state index >= 15 is 0 Å². The molecular formula is C18H14Cl2F3N3O2. The molecule has 148 valence electrons. The Morgan fingerprint density at radius 3 is 2.57 bits per heavy atom. The van der Waals surface area contributed by atoms with Gasteiger partial charge in [0.25, 0.3) is 5.91 Å². The summed E-state index contributed by atoms with van der Waals surface area (Å²) in [5, 5.41) is 6.89. The molecule has 1 aromatic heterocycles. The van der Waals surface area contributed by atoms with Crippen molar-refractivity contribution in [2.75, 3.05) is 5.32 Å². The molecule has 1 N–H and O–H groups in total. The molecule has 2 atom stereocenters. The number of benzene rings is 1. The van der Waals surface area contributed by atoms with Gasteiger partial charge in [0, 0.05) is 18.3 Å². The van der Waals surface area contributed by atoms with Crippen molar-refractivity contribution < 1.29 is 22.7 Å². The molecule has 1 amide bonds. The number of carbonyl (C=O) groups excluding carboxylic acids is 1. The van der Waals surface area contributed by atoms with E-state index in [1.807, 2.05) is 0 Å². The zero-order valence-corrected chi connectivity index (χ0v) is 16.0. The first kappa shape index (κ1) is 19.3. The molecule has 4 rings (SSSR count). The lowest BCUT2D eigenvalue weighted by Gasteiger charge is -2.17. The minimum Gasteiger partial charge on any atom is -0.365 e. The molecule has 2 aliphatic heterocycles. The Morgan fingerprint density at radius 1 is 1.21 bits per heavy atom. The summed E-state index contributed by atoms with van der Waals surface area (Å²) in [7, 11) is 1.41. The number of nitrogens with zero attached hydrogens (tertiary/aromatic N) is 2. The van der Waals surface area contributed by atoms with Crippen LogP contribution in [0.2, 0.25) is 10.0 Å². The average molecular weight is 432 g/mol. The van der Waals surface area contributed by atoms with Gasteiger partial charge < -0.3 is 10.1 Å². The maximum atomic E-state index is 13.0. The predicted molar refractivity (Wildman–Crippen MR) is 98.1 cm³/mol. The second-order valence-electron chi connectivity index (χ2n) is 6.64. The zero-order chi connectivity index (χ0) is 20.2. The van der Waals surface area contributed by atoms with Gasteiger partial charge in [-0.25, -0.2) is 0 Å². The standard InChI is InChI=1S/C18H14Cl2F3N3O2/c1-26-11(7-14(25-26)18(21,22)23)15-12-4-5-13(28-12)16(15)17(27)24-8-2-3-9(19)10(20)6-8/h2-3,6-7,12-13H,4-5H2,1H3,(H,24,27). The summed E-state index contributed by atoms with van der Waals surface area (Å²) in [6, 6.07) is 5.59. The van der Waals surface area contributed by atoms with Crippen LogP contribution in [0.1, 0.15) is 24.2 Å². The van der Waals surface area contributed by atoms with Crippen molar-refractivity contribution in [3.8, 4) is 0 Å². The Bertz CT molecular complexity index is 1000. The number of ether oxygens (including phenoxy) is 1. The molecule has 10 heteroatoms. The fourth-order valence-corrected chi connectivity index (χ4v) is 3.91. The van der Waals surface area contributed by atoms with E-state index in [0.717, 1.165) is 10.7 Å². The summed E-state index contributed by atoms with van der Waals surface area (Å²) in [4.78, 5) is 12.9. The normalized spacial score (nSPS) is 21.5. The molecule has 0 spiro atoms. The number of nitrogens with one attached hydrogen (secondary N) is 1. The van der Waals surface area contributed by atoms with E-state index in [2.05, 4.69) is 10.4 Å². The first-order valence-corrected chi connectivity index (χ1v) is 9.18. The molecule has 3 heterocycles. The summed E-state index contributed by atoms with van der Waals surface area (Å²) in [5.74, 6) is -0.449. The second-order valence-corrected chi connectivity index (χ2v) is 7.45. The summed E-state index contributed by atoms with van der Waals surface area (Å²) in [6.07, 6.45) is -4.21. The van der Waals surface area contributed by atoms with Crippen LogP contribution in [0.3, 0.4) is 0 Å². The van der Waals surface area contributed by atoms with Gasteiger partial charge in [-0.2, -0.15) is 18.3 Å². The van der Waals surface area contributed by atoms with E-state index in [-0.39, 0.29) is 10.7 Å². The van der Waals surface area contributed by atoms with Crippen LogP contribution in [0.4, 0.5) is 18.9 Å². The second kappa shape index (κ2) is 6.79. The lowest BCUT2D eigenvalue weighted by molar-refractivity contribution is -0.141. The number of carbonyl (C=O) groups is 1. The first-order chi connectivity index (χ1) is 13.1. The van der Waals surface area contributed by atoms with Crippen LogP contribution in [0.5, 0.6) is 0 Å². The number of hydrogen-bond donors (Lipinski definition) is 1. The van der Waals surface area contributed by atoms with Gasteiger partial charge in [0.15, 0.2) is 5.69 Å². The number of amides is 1. The van der Waals surface area contributed by atoms with Gasteiger partial charge >= 0.3 is 6.18 Å². The fraction of sp³-hybridized carbons (Fsp3) is 0.333. The molecular weight excluding hydrogens is 418 g/mol. The highest BCUT2D eigenvalue weighted by atomic mass is 35.5. The molecule has 2 aromatic rings. The van der Waals surface area contributed by atoms with Crippen molar-refractivity contribution in [3.05, 3.63) is 51.3 Å². The van der Waals surface area contributed by atoms with Gasteiger partial charge in [-0.1, -0.05) is 23.2 Å². The summed E-state index contributed by atoms with van der Waals surface area (Å²) in [6.45, 7) is 0. The Balaban J connectivity index is 1.73. The van der Waals surface area contributed by atoms with Crippen LogP contribution >= 0.6 is 23.2 Å². The lowest BCUT2D eigenvalue weighted by atomic mass is 9.89. The zero-order valence-electron chi connectivity index (χ0n) is 14.5. The SMILES string of the molecule is Cn1nc(C(F)(F)F)cc1C1=C(C(=O)Nc2ccc(Cl)c(Cl)c2)C2CCC1O2. The Kier molecular flexibility index (Phi) is 4.68. The minimum atomic E-state index is -4.57. The van der Waals surface area contributed by atoms with Crippen LogP contribution in [-0.4, -0.2) is 27.9 Å². The Morgan fingerprint density at radius 2 is 1.93 bits per heavy atom. The summed E-state index contributed by atoms with van der Waals surface area (Å²) in [5.41, 5.74) is 0.400. The number of halogens is 5. The van der Waals surface area contributed by atoms with E-state index in [0.29, 0.717) is 34.7 Å². The lowest BCUT2D eigenvalue weighted by Crippen LogP contribution is -2.23. The molecule has 0 saturated carbocycles. The van der Waals surface area contributed by atoms with Gasteiger partial charge in [-0.3, -0.25) is 9.48 Å². The van der Waals surface area contributed by atoms with E-state index in [1.54, 1.807) is 12.1 Å². The quantitative estimate of drug-likeness (QED) is 0.765. The maximum Gasteiger partial charge on any atom is 0.435 e. The predicted octanol–water partition coefficient (Wildman–Crippen LogP) is 4.70. The number of hydrogen-bond acceptors (Lipinski definition) is 3. The third kappa shape index (κ3) is 3.29.